The Morgan fingerprint density at radius 1 is 1.62 bits per heavy atom. The highest BCUT2D eigenvalue weighted by Gasteiger charge is 2.03. The van der Waals surface area contributed by atoms with E-state index >= 15 is 0 Å². The predicted molar refractivity (Wildman–Crippen MR) is 61.3 cm³/mol. The molecule has 0 aliphatic carbocycles. The molecule has 1 heterocycles. The number of methoxy groups -OCH3 is 1. The van der Waals surface area contributed by atoms with Crippen molar-refractivity contribution in [2.75, 3.05) is 32.6 Å². The average molecular weight is 226 g/mol. The van der Waals surface area contributed by atoms with Crippen molar-refractivity contribution in [3.8, 4) is 0 Å². The van der Waals surface area contributed by atoms with E-state index in [0.29, 0.717) is 26.1 Å². The number of amides is 1. The zero-order chi connectivity index (χ0) is 11.8. The van der Waals surface area contributed by atoms with Crippen LogP contribution in [0.3, 0.4) is 0 Å². The van der Waals surface area contributed by atoms with Gasteiger partial charge >= 0.3 is 0 Å². The number of carbonyl (C=O) groups is 1. The van der Waals surface area contributed by atoms with Gasteiger partial charge in [0.15, 0.2) is 0 Å². The molecule has 0 saturated carbocycles. The van der Waals surface area contributed by atoms with E-state index in [1.54, 1.807) is 24.2 Å². The molecule has 0 bridgehead atoms. The Morgan fingerprint density at radius 2 is 2.44 bits per heavy atom. The first-order chi connectivity index (χ1) is 7.76. The van der Waals surface area contributed by atoms with Crippen molar-refractivity contribution >= 4 is 11.6 Å². The van der Waals surface area contributed by atoms with Gasteiger partial charge in [0, 0.05) is 26.3 Å². The largest absolute Gasteiger partial charge is 0.383 e. The SMILES string of the molecule is CNCCC(=O)Nc1cnn(CCOC)c1. The molecule has 1 aromatic heterocycles. The topological polar surface area (TPSA) is 68.2 Å². The van der Waals surface area contributed by atoms with Gasteiger partial charge in [0.25, 0.3) is 0 Å². The van der Waals surface area contributed by atoms with Gasteiger partial charge in [0.05, 0.1) is 25.0 Å². The van der Waals surface area contributed by atoms with Crippen molar-refractivity contribution in [1.29, 1.82) is 0 Å². The van der Waals surface area contributed by atoms with Gasteiger partial charge in [0.1, 0.15) is 0 Å². The third kappa shape index (κ3) is 4.41. The second-order valence-electron chi connectivity index (χ2n) is 3.39. The highest BCUT2D eigenvalue weighted by molar-refractivity contribution is 5.90. The van der Waals surface area contributed by atoms with Crippen molar-refractivity contribution in [2.24, 2.45) is 0 Å². The first-order valence-corrected chi connectivity index (χ1v) is 5.22. The molecular formula is C10H18N4O2. The Hall–Kier alpha value is -1.40. The monoisotopic (exact) mass is 226 g/mol. The second kappa shape index (κ2) is 6.97. The van der Waals surface area contributed by atoms with Gasteiger partial charge in [0.2, 0.25) is 5.91 Å². The summed E-state index contributed by atoms with van der Waals surface area (Å²) >= 11 is 0. The van der Waals surface area contributed by atoms with E-state index < -0.39 is 0 Å². The van der Waals surface area contributed by atoms with Crippen LogP contribution in [0, 0.1) is 0 Å². The lowest BCUT2D eigenvalue weighted by atomic mass is 10.4. The Bertz CT molecular complexity index is 324. The van der Waals surface area contributed by atoms with E-state index in [9.17, 15) is 4.79 Å². The minimum Gasteiger partial charge on any atom is -0.383 e. The molecule has 1 rings (SSSR count). The lowest BCUT2D eigenvalue weighted by Crippen LogP contribution is -2.18. The number of hydrogen-bond acceptors (Lipinski definition) is 4. The van der Waals surface area contributed by atoms with Gasteiger partial charge in [-0.25, -0.2) is 0 Å². The van der Waals surface area contributed by atoms with E-state index in [2.05, 4.69) is 15.7 Å². The van der Waals surface area contributed by atoms with Crippen LogP contribution in [0.1, 0.15) is 6.42 Å². The number of rotatable bonds is 7. The lowest BCUT2D eigenvalue weighted by molar-refractivity contribution is -0.116. The molecular weight excluding hydrogens is 208 g/mol. The number of nitrogens with one attached hydrogen (secondary N) is 2. The van der Waals surface area contributed by atoms with Gasteiger partial charge < -0.3 is 15.4 Å². The minimum atomic E-state index is -0.0133. The molecule has 1 amide bonds. The standard InChI is InChI=1S/C10H18N4O2/c1-11-4-3-10(15)13-9-7-12-14(8-9)5-6-16-2/h7-8,11H,3-6H2,1-2H3,(H,13,15). The van der Waals surface area contributed by atoms with Crippen molar-refractivity contribution in [1.82, 2.24) is 15.1 Å². The molecule has 0 atom stereocenters. The van der Waals surface area contributed by atoms with Crippen molar-refractivity contribution in [3.05, 3.63) is 12.4 Å². The summed E-state index contributed by atoms with van der Waals surface area (Å²) in [7, 11) is 3.46. The number of nitrogens with zero attached hydrogens (tertiary/aromatic N) is 2. The van der Waals surface area contributed by atoms with Crippen LogP contribution in [0.25, 0.3) is 0 Å². The molecule has 0 unspecified atom stereocenters. The van der Waals surface area contributed by atoms with Crippen LogP contribution in [0.5, 0.6) is 0 Å². The van der Waals surface area contributed by atoms with Crippen molar-refractivity contribution in [3.63, 3.8) is 0 Å². The van der Waals surface area contributed by atoms with Gasteiger partial charge in [-0.05, 0) is 7.05 Å². The Labute approximate surface area is 95.0 Å². The molecule has 0 aromatic carbocycles. The van der Waals surface area contributed by atoms with Crippen LogP contribution in [0.2, 0.25) is 0 Å². The third-order valence-corrected chi connectivity index (χ3v) is 2.04. The van der Waals surface area contributed by atoms with Gasteiger partial charge in [-0.2, -0.15) is 5.10 Å². The fourth-order valence-corrected chi connectivity index (χ4v) is 1.20. The summed E-state index contributed by atoms with van der Waals surface area (Å²) in [5.41, 5.74) is 0.720. The van der Waals surface area contributed by atoms with Gasteiger partial charge in [-0.1, -0.05) is 0 Å². The fourth-order valence-electron chi connectivity index (χ4n) is 1.20. The van der Waals surface area contributed by atoms with E-state index in [-0.39, 0.29) is 5.91 Å². The predicted octanol–water partition coefficient (Wildman–Crippen LogP) is 0.0775. The molecule has 0 saturated heterocycles. The molecule has 0 radical (unpaired) electrons. The maximum Gasteiger partial charge on any atom is 0.225 e. The Kier molecular flexibility index (Phi) is 5.52. The van der Waals surface area contributed by atoms with E-state index in [0.717, 1.165) is 5.69 Å². The van der Waals surface area contributed by atoms with Crippen LogP contribution in [0.4, 0.5) is 5.69 Å². The van der Waals surface area contributed by atoms with E-state index in [1.807, 2.05) is 7.05 Å². The molecule has 0 aliphatic heterocycles. The number of anilines is 1. The average Bonchev–Trinajstić information content (AvgIpc) is 2.71. The minimum absolute atomic E-state index is 0.0133. The number of aromatic nitrogens is 2. The first-order valence-electron chi connectivity index (χ1n) is 5.22. The Balaban J connectivity index is 2.36. The second-order valence-corrected chi connectivity index (χ2v) is 3.39. The van der Waals surface area contributed by atoms with Crippen LogP contribution in [0.15, 0.2) is 12.4 Å². The van der Waals surface area contributed by atoms with Crippen LogP contribution < -0.4 is 10.6 Å². The van der Waals surface area contributed by atoms with Crippen LogP contribution >= 0.6 is 0 Å². The van der Waals surface area contributed by atoms with Gasteiger partial charge in [-0.15, -0.1) is 0 Å². The molecule has 6 nitrogen and oxygen atoms in total. The highest BCUT2D eigenvalue weighted by Crippen LogP contribution is 2.04. The summed E-state index contributed by atoms with van der Waals surface area (Å²) in [5.74, 6) is -0.0133. The summed E-state index contributed by atoms with van der Waals surface area (Å²) in [6.07, 6.45) is 3.88. The molecule has 90 valence electrons. The number of carbonyl (C=O) groups excluding carboxylic acids is 1. The van der Waals surface area contributed by atoms with Crippen LogP contribution in [-0.4, -0.2) is 43.0 Å². The molecule has 0 spiro atoms. The number of ether oxygens (including phenoxy) is 1. The third-order valence-electron chi connectivity index (χ3n) is 2.04. The molecule has 1 aromatic rings. The molecule has 0 aliphatic rings. The smallest absolute Gasteiger partial charge is 0.225 e. The zero-order valence-electron chi connectivity index (χ0n) is 9.69. The summed E-state index contributed by atoms with van der Waals surface area (Å²) in [4.78, 5) is 11.4. The summed E-state index contributed by atoms with van der Waals surface area (Å²) in [6, 6.07) is 0. The molecule has 6 heteroatoms. The quantitative estimate of drug-likeness (QED) is 0.691. The van der Waals surface area contributed by atoms with Crippen molar-refractivity contribution in [2.45, 2.75) is 13.0 Å². The summed E-state index contributed by atoms with van der Waals surface area (Å²) in [6.45, 7) is 1.96. The molecule has 0 fully saturated rings. The van der Waals surface area contributed by atoms with Gasteiger partial charge in [-0.3, -0.25) is 9.48 Å². The Morgan fingerprint density at radius 3 is 3.12 bits per heavy atom. The normalized spacial score (nSPS) is 10.4. The highest BCUT2D eigenvalue weighted by atomic mass is 16.5. The lowest BCUT2D eigenvalue weighted by Gasteiger charge is -2.01. The maximum atomic E-state index is 11.4. The maximum absolute atomic E-state index is 11.4. The summed E-state index contributed by atoms with van der Waals surface area (Å²) in [5, 5.41) is 9.78. The van der Waals surface area contributed by atoms with E-state index in [4.69, 9.17) is 4.74 Å². The van der Waals surface area contributed by atoms with Crippen molar-refractivity contribution < 1.29 is 9.53 Å². The first kappa shape index (κ1) is 12.7. The molecule has 16 heavy (non-hydrogen) atoms. The number of hydrogen-bond donors (Lipinski definition) is 2. The van der Waals surface area contributed by atoms with E-state index in [1.165, 1.54) is 0 Å². The molecule has 2 N–H and O–H groups in total. The fraction of sp³-hybridized carbons (Fsp3) is 0.600. The van der Waals surface area contributed by atoms with Crippen LogP contribution in [-0.2, 0) is 16.1 Å². The zero-order valence-corrected chi connectivity index (χ0v) is 9.69. The summed E-state index contributed by atoms with van der Waals surface area (Å²) < 4.78 is 6.67.